The number of carboxylic acids is 1. The second-order valence-corrected chi connectivity index (χ2v) is 13.8. The highest BCUT2D eigenvalue weighted by molar-refractivity contribution is 7.99. The van der Waals surface area contributed by atoms with Crippen LogP contribution < -0.4 is 15.3 Å². The zero-order chi connectivity index (χ0) is 39.6. The molecule has 2 bridgehead atoms. The molecule has 17 nitrogen and oxygen atoms in total. The van der Waals surface area contributed by atoms with E-state index in [1.165, 1.54) is 20.1 Å². The molecule has 294 valence electrons. The van der Waals surface area contributed by atoms with Crippen LogP contribution in [0.15, 0.2) is 50.3 Å². The van der Waals surface area contributed by atoms with E-state index >= 15 is 0 Å². The third-order valence-corrected chi connectivity index (χ3v) is 9.85. The lowest BCUT2D eigenvalue weighted by molar-refractivity contribution is -0.809. The summed E-state index contributed by atoms with van der Waals surface area (Å²) in [5.74, 6) is -2.40. The maximum Gasteiger partial charge on any atom is 0.339 e. The summed E-state index contributed by atoms with van der Waals surface area (Å²) in [5.41, 5.74) is -2.21. The van der Waals surface area contributed by atoms with E-state index in [0.717, 1.165) is 11.8 Å². The van der Waals surface area contributed by atoms with Gasteiger partial charge >= 0.3 is 29.5 Å². The van der Waals surface area contributed by atoms with Crippen LogP contribution in [-0.4, -0.2) is 82.6 Å². The fraction of sp³-hybridized carbons (Fsp3) is 0.528. The lowest BCUT2D eigenvalue weighted by atomic mass is 9.77. The molecule has 2 aromatic rings. The Kier molecular flexibility index (Phi) is 14.2. The van der Waals surface area contributed by atoms with E-state index in [1.54, 1.807) is 57.2 Å². The van der Waals surface area contributed by atoms with Crippen molar-refractivity contribution in [1.82, 2.24) is 5.16 Å². The number of aromatic nitrogens is 2. The Morgan fingerprint density at radius 2 is 1.80 bits per heavy atom. The maximum absolute atomic E-state index is 13.3. The highest BCUT2D eigenvalue weighted by atomic mass is 32.2. The third kappa shape index (κ3) is 9.97. The van der Waals surface area contributed by atoms with Gasteiger partial charge in [0.1, 0.15) is 28.8 Å². The quantitative estimate of drug-likeness (QED) is 0.0989. The highest BCUT2D eigenvalue weighted by Gasteiger charge is 2.71. The predicted octanol–water partition coefficient (Wildman–Crippen LogP) is 3.50. The highest BCUT2D eigenvalue weighted by Crippen LogP contribution is 2.52. The van der Waals surface area contributed by atoms with Crippen LogP contribution in [0.5, 0.6) is 5.75 Å². The number of hydrogen-bond acceptors (Lipinski definition) is 16. The molecule has 4 heterocycles. The minimum absolute atomic E-state index is 0.0380. The summed E-state index contributed by atoms with van der Waals surface area (Å²) < 4.78 is 44.9. The molecule has 0 aromatic carbocycles. The van der Waals surface area contributed by atoms with Crippen LogP contribution in [-0.2, 0) is 55.2 Å². The fourth-order valence-corrected chi connectivity index (χ4v) is 7.10. The Bertz CT molecular complexity index is 1830. The van der Waals surface area contributed by atoms with Crippen molar-refractivity contribution in [1.29, 1.82) is 0 Å². The molecule has 54 heavy (non-hydrogen) atoms. The molecule has 2 fully saturated rings. The molecule has 0 radical (unpaired) electrons. The van der Waals surface area contributed by atoms with E-state index < -0.39 is 71.7 Å². The summed E-state index contributed by atoms with van der Waals surface area (Å²) in [4.78, 5) is 60.6. The van der Waals surface area contributed by atoms with Gasteiger partial charge in [0, 0.05) is 30.5 Å². The Morgan fingerprint density at radius 1 is 1.07 bits per heavy atom. The Morgan fingerprint density at radius 3 is 2.48 bits per heavy atom. The lowest BCUT2D eigenvalue weighted by Crippen LogP contribution is -2.66. The van der Waals surface area contributed by atoms with Gasteiger partial charge in [0.25, 0.3) is 0 Å². The molecule has 2 saturated heterocycles. The third-order valence-electron chi connectivity index (χ3n) is 8.92. The summed E-state index contributed by atoms with van der Waals surface area (Å²) in [6.07, 6.45) is 6.90. The van der Waals surface area contributed by atoms with Crippen LogP contribution in [0.3, 0.4) is 0 Å². The largest absolute Gasteiger partial charge is 0.496 e. The molecule has 0 saturated carbocycles. The molecule has 6 atom stereocenters. The number of rotatable bonds is 18. The number of carbonyl (C=O) groups is 4. The molecule has 2 aliphatic heterocycles. The first-order valence-corrected chi connectivity index (χ1v) is 18.2. The van der Waals surface area contributed by atoms with Crippen molar-refractivity contribution in [2.45, 2.75) is 108 Å². The van der Waals surface area contributed by atoms with Crippen molar-refractivity contribution in [2.24, 2.45) is 0 Å². The van der Waals surface area contributed by atoms with Gasteiger partial charge in [0.2, 0.25) is 11.4 Å². The van der Waals surface area contributed by atoms with Crippen molar-refractivity contribution < 1.29 is 66.7 Å². The average Bonchev–Trinajstić information content (AvgIpc) is 3.53. The van der Waals surface area contributed by atoms with Crippen molar-refractivity contribution in [3.05, 3.63) is 74.8 Å². The van der Waals surface area contributed by atoms with Gasteiger partial charge in [-0.15, -0.1) is 11.8 Å². The normalized spacial score (nSPS) is 25.0. The second kappa shape index (κ2) is 18.4. The molecule has 2 aliphatic rings. The van der Waals surface area contributed by atoms with Crippen molar-refractivity contribution >= 4 is 41.7 Å². The van der Waals surface area contributed by atoms with Gasteiger partial charge in [0.15, 0.2) is 18.8 Å². The molecule has 4 rings (SSSR count). The van der Waals surface area contributed by atoms with E-state index in [1.807, 2.05) is 6.92 Å². The number of hydrogen-bond donors (Lipinski definition) is 1. The number of carboxylic acid groups (broad SMARTS) is 1. The van der Waals surface area contributed by atoms with Gasteiger partial charge in [-0.05, 0) is 44.6 Å². The summed E-state index contributed by atoms with van der Waals surface area (Å²) in [5, 5.41) is 24.3. The van der Waals surface area contributed by atoms with Crippen LogP contribution in [0.25, 0.3) is 6.08 Å². The molecule has 18 heteroatoms. The fourth-order valence-electron chi connectivity index (χ4n) is 6.41. The van der Waals surface area contributed by atoms with Gasteiger partial charge in [-0.25, -0.2) is 4.79 Å². The van der Waals surface area contributed by atoms with Crippen molar-refractivity contribution in [2.75, 3.05) is 12.9 Å². The summed E-state index contributed by atoms with van der Waals surface area (Å²) >= 11 is 0.990. The molecular weight excluding hydrogens is 732 g/mol. The number of esters is 3. The molecule has 0 spiro atoms. The Balaban J connectivity index is 1.42. The van der Waals surface area contributed by atoms with Crippen LogP contribution in [0, 0.1) is 12.1 Å². The molecular formula is C36H44N2O15S. The van der Waals surface area contributed by atoms with Crippen LogP contribution in [0.1, 0.15) is 76.1 Å². The average molecular weight is 777 g/mol. The molecule has 0 unspecified atom stereocenters. The minimum Gasteiger partial charge on any atom is -0.496 e. The van der Waals surface area contributed by atoms with E-state index in [4.69, 9.17) is 37.9 Å². The number of allylic oxidation sites excluding steroid dienone is 4. The number of methoxy groups -OCH3 is 1. The molecule has 0 amide bonds. The van der Waals surface area contributed by atoms with Crippen molar-refractivity contribution in [3.63, 3.8) is 0 Å². The van der Waals surface area contributed by atoms with Crippen LogP contribution in [0.4, 0.5) is 0 Å². The first-order chi connectivity index (χ1) is 25.6. The zero-order valence-electron chi connectivity index (χ0n) is 30.8. The van der Waals surface area contributed by atoms with Gasteiger partial charge < -0.3 is 43.2 Å². The first-order valence-electron chi connectivity index (χ1n) is 17.1. The Hall–Kier alpha value is -4.94. The van der Waals surface area contributed by atoms with Gasteiger partial charge in [0.05, 0.1) is 30.8 Å². The van der Waals surface area contributed by atoms with Crippen molar-refractivity contribution in [3.8, 4) is 5.75 Å². The summed E-state index contributed by atoms with van der Waals surface area (Å²) in [7, 11) is 1.46. The number of carbonyl (C=O) groups excluding carboxylic acids is 3. The van der Waals surface area contributed by atoms with Gasteiger partial charge in [-0.3, -0.25) is 23.8 Å². The van der Waals surface area contributed by atoms with Crippen LogP contribution in [0.2, 0.25) is 0 Å². The number of nitrogens with zero attached hydrogens (tertiary/aromatic N) is 2. The SMILES string of the molecule is CC[C@H]1O[C@@]2(C)[C@H](OC(C)=O)[C@@]1(C)O[C@@H](/C=C/C=C/C=C/c1oc(=O)cc(OC)c1C)[C@@H]2OC(=O)CCCC(=O)OCc1c(CSCC(=O)O)no[n+]1[O-]. The van der Waals surface area contributed by atoms with Gasteiger partial charge in [-0.2, -0.15) is 0 Å². The van der Waals surface area contributed by atoms with Crippen LogP contribution >= 0.6 is 11.8 Å². The zero-order valence-corrected chi connectivity index (χ0v) is 31.6. The summed E-state index contributed by atoms with van der Waals surface area (Å²) in [6, 6.07) is 1.26. The first kappa shape index (κ1) is 41.8. The number of ether oxygens (including phenoxy) is 6. The molecule has 2 aromatic heterocycles. The van der Waals surface area contributed by atoms with Gasteiger partial charge in [-0.1, -0.05) is 37.3 Å². The second-order valence-electron chi connectivity index (χ2n) is 12.8. The maximum atomic E-state index is 13.3. The molecule has 1 N–H and O–H groups in total. The topological polar surface area (TPSA) is 227 Å². The predicted molar refractivity (Wildman–Crippen MR) is 189 cm³/mol. The minimum atomic E-state index is -1.30. The number of aliphatic carboxylic acids is 1. The van der Waals surface area contributed by atoms with E-state index in [0.29, 0.717) is 23.5 Å². The smallest absolute Gasteiger partial charge is 0.339 e. The van der Waals surface area contributed by atoms with E-state index in [2.05, 4.69) is 9.79 Å². The summed E-state index contributed by atoms with van der Waals surface area (Å²) in [6.45, 7) is 7.97. The molecule has 0 aliphatic carbocycles. The van der Waals surface area contributed by atoms with E-state index in [9.17, 15) is 29.2 Å². The standard InChI is InChI=1S/C36H44N2O15S/c1-7-28-35(4)34(48-22(3)39)36(5,52-28)33(26(51-35)14-11-9-8-10-13-25-21(2)27(46-6)17-32(44)49-25)50-31(43)16-12-15-30(42)47-18-24-23(37-53-38(24)45)19-54-20-29(40)41/h8-11,13-14,17,26,28,33-34H,7,12,15-16,18-20H2,1-6H3,(H,40,41)/b9-8+,13-10+,14-11+/t26-,28+,33-,34+,35-,36+/m0/s1. The number of fused-ring (bicyclic) bond motifs is 2. The monoisotopic (exact) mass is 776 g/mol. The lowest BCUT2D eigenvalue weighted by Gasteiger charge is -2.48. The Labute approximate surface area is 314 Å². The van der Waals surface area contributed by atoms with E-state index in [-0.39, 0.29) is 47.1 Å². The number of thioether (sulfide) groups is 1.